The zero-order chi connectivity index (χ0) is 22.4. The molecule has 1 saturated carbocycles. The maximum atomic E-state index is 13.0. The first kappa shape index (κ1) is 21.5. The summed E-state index contributed by atoms with van der Waals surface area (Å²) in [7, 11) is 0. The number of primary amides is 1. The summed E-state index contributed by atoms with van der Waals surface area (Å²) in [5, 5.41) is 4.28. The molecule has 4 rings (SSSR count). The van der Waals surface area contributed by atoms with Crippen LogP contribution in [0.4, 0.5) is 19.0 Å². The fraction of sp³-hybridized carbons (Fsp3) is 0.571. The van der Waals surface area contributed by atoms with E-state index in [9.17, 15) is 18.0 Å². The van der Waals surface area contributed by atoms with Crippen molar-refractivity contribution in [3.8, 4) is 11.7 Å². The predicted octanol–water partition coefficient (Wildman–Crippen LogP) is 3.86. The quantitative estimate of drug-likeness (QED) is 0.711. The average molecular weight is 437 g/mol. The molecule has 2 aromatic heterocycles. The van der Waals surface area contributed by atoms with Gasteiger partial charge in [0, 0.05) is 24.3 Å². The first-order chi connectivity index (χ1) is 14.5. The van der Waals surface area contributed by atoms with Crippen molar-refractivity contribution in [3.63, 3.8) is 0 Å². The lowest BCUT2D eigenvalue weighted by Gasteiger charge is -2.33. The highest BCUT2D eigenvalue weighted by molar-refractivity contribution is 5.98. The molecule has 0 aromatic carbocycles. The minimum atomic E-state index is -4.19. The SMILES string of the molecule is CC1(C)CCCN1c1nc(-n2ccc(OCCC3(C(F)(F)F)CC3)n2)ccc1C(N)=O. The molecule has 2 aliphatic rings. The predicted molar refractivity (Wildman–Crippen MR) is 108 cm³/mol. The van der Waals surface area contributed by atoms with Gasteiger partial charge in [0.15, 0.2) is 5.82 Å². The van der Waals surface area contributed by atoms with Crippen molar-refractivity contribution in [2.24, 2.45) is 11.1 Å². The molecule has 31 heavy (non-hydrogen) atoms. The summed E-state index contributed by atoms with van der Waals surface area (Å²) in [6, 6.07) is 4.83. The molecule has 1 saturated heterocycles. The van der Waals surface area contributed by atoms with Crippen molar-refractivity contribution in [1.29, 1.82) is 0 Å². The minimum Gasteiger partial charge on any atom is -0.477 e. The molecule has 1 amide bonds. The Labute approximate surface area is 178 Å². The number of alkyl halides is 3. The van der Waals surface area contributed by atoms with E-state index in [1.54, 1.807) is 24.4 Å². The molecule has 1 aliphatic carbocycles. The van der Waals surface area contributed by atoms with Crippen molar-refractivity contribution in [1.82, 2.24) is 14.8 Å². The molecule has 0 atom stereocenters. The van der Waals surface area contributed by atoms with Crippen LogP contribution in [0.2, 0.25) is 0 Å². The molecule has 0 bridgehead atoms. The van der Waals surface area contributed by atoms with Gasteiger partial charge in [-0.1, -0.05) is 0 Å². The Balaban J connectivity index is 1.51. The van der Waals surface area contributed by atoms with Gasteiger partial charge in [0.05, 0.1) is 17.6 Å². The van der Waals surface area contributed by atoms with Crippen LogP contribution in [0.5, 0.6) is 5.88 Å². The number of hydrogen-bond donors (Lipinski definition) is 1. The van der Waals surface area contributed by atoms with Crippen LogP contribution in [0.15, 0.2) is 24.4 Å². The van der Waals surface area contributed by atoms with Crippen LogP contribution < -0.4 is 15.4 Å². The van der Waals surface area contributed by atoms with E-state index >= 15 is 0 Å². The molecule has 168 valence electrons. The van der Waals surface area contributed by atoms with Crippen LogP contribution in [0, 0.1) is 5.41 Å². The molecule has 0 spiro atoms. The van der Waals surface area contributed by atoms with Gasteiger partial charge < -0.3 is 15.4 Å². The summed E-state index contributed by atoms with van der Waals surface area (Å²) in [6.07, 6.45) is -0.394. The van der Waals surface area contributed by atoms with Crippen LogP contribution in [-0.2, 0) is 0 Å². The van der Waals surface area contributed by atoms with Gasteiger partial charge in [-0.25, -0.2) is 9.67 Å². The summed E-state index contributed by atoms with van der Waals surface area (Å²) in [4.78, 5) is 18.7. The number of halogens is 3. The number of ether oxygens (including phenoxy) is 1. The fourth-order valence-electron chi connectivity index (χ4n) is 4.15. The van der Waals surface area contributed by atoms with Gasteiger partial charge in [-0.2, -0.15) is 13.2 Å². The van der Waals surface area contributed by atoms with Gasteiger partial charge in [0.25, 0.3) is 5.91 Å². The fourth-order valence-corrected chi connectivity index (χ4v) is 4.15. The van der Waals surface area contributed by atoms with Crippen molar-refractivity contribution >= 4 is 11.7 Å². The number of pyridine rings is 1. The van der Waals surface area contributed by atoms with Crippen LogP contribution in [0.3, 0.4) is 0 Å². The van der Waals surface area contributed by atoms with E-state index in [2.05, 4.69) is 28.8 Å². The van der Waals surface area contributed by atoms with Crippen LogP contribution in [-0.4, -0.2) is 45.5 Å². The van der Waals surface area contributed by atoms with Crippen molar-refractivity contribution in [3.05, 3.63) is 30.0 Å². The minimum absolute atomic E-state index is 0.0578. The standard InChI is InChI=1S/C21H26F3N5O2/c1-19(2)7-3-11-28(19)18-14(17(25)30)4-5-15(26-18)29-12-6-16(27-29)31-13-10-20(8-9-20)21(22,23)24/h4-6,12H,3,7-11,13H2,1-2H3,(H2,25,30). The molecule has 2 N–H and O–H groups in total. The first-order valence-corrected chi connectivity index (χ1v) is 10.4. The third kappa shape index (κ3) is 4.07. The summed E-state index contributed by atoms with van der Waals surface area (Å²) >= 11 is 0. The number of carbonyl (C=O) groups excluding carboxylic acids is 1. The van der Waals surface area contributed by atoms with Gasteiger partial charge in [-0.05, 0) is 58.1 Å². The van der Waals surface area contributed by atoms with Crippen molar-refractivity contribution in [2.75, 3.05) is 18.1 Å². The number of carbonyl (C=O) groups is 1. The number of nitrogens with zero attached hydrogens (tertiary/aromatic N) is 4. The molecule has 1 aliphatic heterocycles. The Morgan fingerprint density at radius 2 is 1.97 bits per heavy atom. The molecule has 0 radical (unpaired) electrons. The highest BCUT2D eigenvalue weighted by atomic mass is 19.4. The van der Waals surface area contributed by atoms with E-state index in [4.69, 9.17) is 10.5 Å². The Bertz CT molecular complexity index is 982. The Morgan fingerprint density at radius 1 is 1.23 bits per heavy atom. The number of aromatic nitrogens is 3. The molecule has 0 unspecified atom stereocenters. The van der Waals surface area contributed by atoms with Crippen LogP contribution in [0.1, 0.15) is 56.3 Å². The van der Waals surface area contributed by atoms with E-state index in [1.807, 2.05) is 0 Å². The van der Waals surface area contributed by atoms with Crippen molar-refractivity contribution < 1.29 is 22.7 Å². The second-order valence-corrected chi connectivity index (χ2v) is 8.95. The Kier molecular flexibility index (Phi) is 5.13. The van der Waals surface area contributed by atoms with E-state index in [0.29, 0.717) is 17.2 Å². The average Bonchev–Trinajstić information content (AvgIpc) is 3.20. The third-order valence-electron chi connectivity index (χ3n) is 6.37. The molecule has 7 nitrogen and oxygen atoms in total. The highest BCUT2D eigenvalue weighted by Crippen LogP contribution is 2.59. The van der Waals surface area contributed by atoms with E-state index in [-0.39, 0.29) is 37.3 Å². The van der Waals surface area contributed by atoms with Gasteiger partial charge in [-0.3, -0.25) is 4.79 Å². The number of amides is 1. The molecular formula is C21H26F3N5O2. The Morgan fingerprint density at radius 3 is 2.55 bits per heavy atom. The van der Waals surface area contributed by atoms with E-state index in [0.717, 1.165) is 19.4 Å². The maximum absolute atomic E-state index is 13.0. The maximum Gasteiger partial charge on any atom is 0.394 e. The smallest absolute Gasteiger partial charge is 0.394 e. The summed E-state index contributed by atoms with van der Waals surface area (Å²) in [6.45, 7) is 4.88. The zero-order valence-electron chi connectivity index (χ0n) is 17.6. The van der Waals surface area contributed by atoms with E-state index < -0.39 is 17.5 Å². The largest absolute Gasteiger partial charge is 0.477 e. The van der Waals surface area contributed by atoms with Crippen molar-refractivity contribution in [2.45, 2.75) is 57.7 Å². The van der Waals surface area contributed by atoms with Gasteiger partial charge >= 0.3 is 6.18 Å². The monoisotopic (exact) mass is 437 g/mol. The van der Waals surface area contributed by atoms with Crippen LogP contribution >= 0.6 is 0 Å². The number of anilines is 1. The normalized spacial score (nSPS) is 19.5. The number of rotatable bonds is 7. The lowest BCUT2D eigenvalue weighted by molar-refractivity contribution is -0.190. The highest BCUT2D eigenvalue weighted by Gasteiger charge is 2.62. The lowest BCUT2D eigenvalue weighted by Crippen LogP contribution is -2.40. The Hall–Kier alpha value is -2.78. The second-order valence-electron chi connectivity index (χ2n) is 8.95. The molecule has 2 aromatic rings. The van der Waals surface area contributed by atoms with Gasteiger partial charge in [0.1, 0.15) is 5.82 Å². The topological polar surface area (TPSA) is 86.3 Å². The molecule has 2 fully saturated rings. The summed E-state index contributed by atoms with van der Waals surface area (Å²) in [5.74, 6) is 0.638. The molecule has 10 heteroatoms. The summed E-state index contributed by atoms with van der Waals surface area (Å²) < 4.78 is 46.0. The molecule has 3 heterocycles. The third-order valence-corrected chi connectivity index (χ3v) is 6.37. The number of hydrogen-bond acceptors (Lipinski definition) is 5. The van der Waals surface area contributed by atoms with Crippen LogP contribution in [0.25, 0.3) is 5.82 Å². The summed E-state index contributed by atoms with van der Waals surface area (Å²) in [5.41, 5.74) is 4.14. The zero-order valence-corrected chi connectivity index (χ0v) is 17.6. The van der Waals surface area contributed by atoms with E-state index in [1.165, 1.54) is 4.68 Å². The lowest BCUT2D eigenvalue weighted by atomic mass is 10.0. The van der Waals surface area contributed by atoms with Gasteiger partial charge in [0.2, 0.25) is 5.88 Å². The molecular weight excluding hydrogens is 411 g/mol. The van der Waals surface area contributed by atoms with Gasteiger partial charge in [-0.15, -0.1) is 5.10 Å². The number of nitrogens with two attached hydrogens (primary N) is 1. The first-order valence-electron chi connectivity index (χ1n) is 10.4. The second kappa shape index (κ2) is 7.42.